The molecular formula is C15H13FN2OS. The number of hydrogen-bond donors (Lipinski definition) is 2. The molecule has 2 rings (SSSR count). The molecule has 2 aromatic rings. The molecule has 2 N–H and O–H groups in total. The predicted octanol–water partition coefficient (Wildman–Crippen LogP) is 2.88. The molecule has 0 aliphatic carbocycles. The molecule has 2 aromatic carbocycles. The maximum atomic E-state index is 13.0. The van der Waals surface area contributed by atoms with Gasteiger partial charge in [0.1, 0.15) is 5.82 Å². The fourth-order valence-corrected chi connectivity index (χ4v) is 1.91. The molecular weight excluding hydrogens is 275 g/mol. The second kappa shape index (κ2) is 6.77. The van der Waals surface area contributed by atoms with Crippen molar-refractivity contribution in [2.45, 2.75) is 6.42 Å². The maximum absolute atomic E-state index is 13.0. The minimum absolute atomic E-state index is 0.150. The van der Waals surface area contributed by atoms with Crippen molar-refractivity contribution in [3.8, 4) is 0 Å². The van der Waals surface area contributed by atoms with Crippen molar-refractivity contribution >= 4 is 28.9 Å². The molecule has 0 aliphatic rings. The van der Waals surface area contributed by atoms with Gasteiger partial charge in [-0.1, -0.05) is 36.4 Å². The van der Waals surface area contributed by atoms with Gasteiger partial charge in [-0.3, -0.25) is 4.79 Å². The molecule has 0 aliphatic heterocycles. The van der Waals surface area contributed by atoms with Crippen LogP contribution in [-0.2, 0) is 11.2 Å². The van der Waals surface area contributed by atoms with Gasteiger partial charge in [0.05, 0.1) is 6.42 Å². The van der Waals surface area contributed by atoms with Gasteiger partial charge >= 0.3 is 0 Å². The molecule has 0 aromatic heterocycles. The molecule has 102 valence electrons. The summed E-state index contributed by atoms with van der Waals surface area (Å²) >= 11 is 5.01. The molecule has 0 fully saturated rings. The van der Waals surface area contributed by atoms with Crippen molar-refractivity contribution in [1.29, 1.82) is 0 Å². The third-order valence-electron chi connectivity index (χ3n) is 2.54. The lowest BCUT2D eigenvalue weighted by Crippen LogP contribution is -2.35. The number of benzene rings is 2. The highest BCUT2D eigenvalue weighted by Gasteiger charge is 2.06. The number of carbonyl (C=O) groups is 1. The highest BCUT2D eigenvalue weighted by molar-refractivity contribution is 7.80. The van der Waals surface area contributed by atoms with Crippen LogP contribution < -0.4 is 10.6 Å². The van der Waals surface area contributed by atoms with E-state index in [0.29, 0.717) is 5.69 Å². The summed E-state index contributed by atoms with van der Waals surface area (Å²) in [6, 6.07) is 15.2. The van der Waals surface area contributed by atoms with Crippen LogP contribution in [-0.4, -0.2) is 11.0 Å². The molecule has 20 heavy (non-hydrogen) atoms. The zero-order valence-corrected chi connectivity index (χ0v) is 11.4. The minimum atomic E-state index is -0.367. The maximum Gasteiger partial charge on any atom is 0.230 e. The SMILES string of the molecule is O=C(Cc1ccccc1)NC(=S)Nc1cccc(F)c1. The van der Waals surface area contributed by atoms with Gasteiger partial charge in [-0.25, -0.2) is 4.39 Å². The van der Waals surface area contributed by atoms with E-state index >= 15 is 0 Å². The second-order valence-corrected chi connectivity index (χ2v) is 4.58. The lowest BCUT2D eigenvalue weighted by molar-refractivity contribution is -0.119. The Morgan fingerprint density at radius 2 is 1.85 bits per heavy atom. The van der Waals surface area contributed by atoms with Gasteiger partial charge < -0.3 is 10.6 Å². The third kappa shape index (κ3) is 4.44. The number of hydrogen-bond acceptors (Lipinski definition) is 2. The summed E-state index contributed by atoms with van der Waals surface area (Å²) in [6.45, 7) is 0. The van der Waals surface area contributed by atoms with E-state index in [1.165, 1.54) is 12.1 Å². The van der Waals surface area contributed by atoms with Crippen LogP contribution in [0.1, 0.15) is 5.56 Å². The molecule has 0 radical (unpaired) electrons. The summed E-state index contributed by atoms with van der Waals surface area (Å²) in [5.41, 5.74) is 1.40. The fourth-order valence-electron chi connectivity index (χ4n) is 1.68. The van der Waals surface area contributed by atoms with Crippen molar-refractivity contribution in [2.75, 3.05) is 5.32 Å². The van der Waals surface area contributed by atoms with E-state index in [9.17, 15) is 9.18 Å². The van der Waals surface area contributed by atoms with E-state index in [2.05, 4.69) is 10.6 Å². The Morgan fingerprint density at radius 3 is 2.55 bits per heavy atom. The fraction of sp³-hybridized carbons (Fsp3) is 0.0667. The summed E-state index contributed by atoms with van der Waals surface area (Å²) in [7, 11) is 0. The average Bonchev–Trinajstić information content (AvgIpc) is 2.39. The first-order valence-electron chi connectivity index (χ1n) is 6.04. The number of amides is 1. The standard InChI is InChI=1S/C15H13FN2OS/c16-12-7-4-8-13(10-12)17-15(20)18-14(19)9-11-5-2-1-3-6-11/h1-8,10H,9H2,(H2,17,18,19,20). The molecule has 1 amide bonds. The van der Waals surface area contributed by atoms with Crippen LogP contribution in [0.25, 0.3) is 0 Å². The Hall–Kier alpha value is -2.27. The van der Waals surface area contributed by atoms with Crippen molar-refractivity contribution in [2.24, 2.45) is 0 Å². The summed E-state index contributed by atoms with van der Waals surface area (Å²) in [5.74, 6) is -0.585. The topological polar surface area (TPSA) is 41.1 Å². The Kier molecular flexibility index (Phi) is 4.79. The number of carbonyl (C=O) groups excluding carboxylic acids is 1. The van der Waals surface area contributed by atoms with Gasteiger partial charge in [0, 0.05) is 5.69 Å². The van der Waals surface area contributed by atoms with Crippen molar-refractivity contribution < 1.29 is 9.18 Å². The molecule has 0 saturated heterocycles. The van der Waals surface area contributed by atoms with Gasteiger partial charge in [0.25, 0.3) is 0 Å². The molecule has 0 heterocycles. The van der Waals surface area contributed by atoms with Crippen LogP contribution in [0.3, 0.4) is 0 Å². The minimum Gasteiger partial charge on any atom is -0.332 e. The summed E-state index contributed by atoms with van der Waals surface area (Å²) in [5, 5.41) is 5.46. The predicted molar refractivity (Wildman–Crippen MR) is 80.9 cm³/mol. The van der Waals surface area contributed by atoms with Crippen LogP contribution in [0.4, 0.5) is 10.1 Å². The molecule has 0 saturated carbocycles. The molecule has 3 nitrogen and oxygen atoms in total. The second-order valence-electron chi connectivity index (χ2n) is 4.18. The Labute approximate surface area is 121 Å². The zero-order valence-electron chi connectivity index (χ0n) is 10.6. The van der Waals surface area contributed by atoms with Crippen molar-refractivity contribution in [3.05, 3.63) is 66.0 Å². The number of rotatable bonds is 3. The third-order valence-corrected chi connectivity index (χ3v) is 2.75. The van der Waals surface area contributed by atoms with E-state index in [1.807, 2.05) is 30.3 Å². The molecule has 5 heteroatoms. The largest absolute Gasteiger partial charge is 0.332 e. The van der Waals surface area contributed by atoms with Gasteiger partial charge in [-0.05, 0) is 36.0 Å². The number of nitrogens with one attached hydrogen (secondary N) is 2. The van der Waals surface area contributed by atoms with Crippen LogP contribution in [0.5, 0.6) is 0 Å². The van der Waals surface area contributed by atoms with Crippen LogP contribution >= 0.6 is 12.2 Å². The van der Waals surface area contributed by atoms with Gasteiger partial charge in [0.2, 0.25) is 5.91 Å². The average molecular weight is 288 g/mol. The van der Waals surface area contributed by atoms with E-state index in [-0.39, 0.29) is 23.3 Å². The summed E-state index contributed by atoms with van der Waals surface area (Å²) in [4.78, 5) is 11.8. The highest BCUT2D eigenvalue weighted by Crippen LogP contribution is 2.08. The first-order valence-corrected chi connectivity index (χ1v) is 6.44. The number of halogens is 1. The molecule has 0 spiro atoms. The molecule has 0 unspecified atom stereocenters. The van der Waals surface area contributed by atoms with Gasteiger partial charge in [0.15, 0.2) is 5.11 Å². The van der Waals surface area contributed by atoms with E-state index < -0.39 is 0 Å². The Bertz CT molecular complexity index is 616. The van der Waals surface area contributed by atoms with Gasteiger partial charge in [-0.2, -0.15) is 0 Å². The van der Waals surface area contributed by atoms with Crippen molar-refractivity contribution in [1.82, 2.24) is 5.32 Å². The van der Waals surface area contributed by atoms with Crippen LogP contribution in [0, 0.1) is 5.82 Å². The molecule has 0 atom stereocenters. The quantitative estimate of drug-likeness (QED) is 0.853. The van der Waals surface area contributed by atoms with Crippen molar-refractivity contribution in [3.63, 3.8) is 0 Å². The highest BCUT2D eigenvalue weighted by atomic mass is 32.1. The Balaban J connectivity index is 1.87. The smallest absolute Gasteiger partial charge is 0.230 e. The number of anilines is 1. The first kappa shape index (κ1) is 14.1. The lowest BCUT2D eigenvalue weighted by atomic mass is 10.1. The van der Waals surface area contributed by atoms with E-state index in [1.54, 1.807) is 12.1 Å². The summed E-state index contributed by atoms with van der Waals surface area (Å²) in [6.07, 6.45) is 0.242. The van der Waals surface area contributed by atoms with E-state index in [4.69, 9.17) is 12.2 Å². The van der Waals surface area contributed by atoms with Crippen LogP contribution in [0.15, 0.2) is 54.6 Å². The van der Waals surface area contributed by atoms with E-state index in [0.717, 1.165) is 5.56 Å². The zero-order chi connectivity index (χ0) is 14.4. The van der Waals surface area contributed by atoms with Crippen LogP contribution in [0.2, 0.25) is 0 Å². The summed E-state index contributed by atoms with van der Waals surface area (Å²) < 4.78 is 13.0. The Morgan fingerprint density at radius 1 is 1.10 bits per heavy atom. The number of thiocarbonyl (C=S) groups is 1. The monoisotopic (exact) mass is 288 g/mol. The lowest BCUT2D eigenvalue weighted by Gasteiger charge is -2.09. The normalized spacial score (nSPS) is 9.85. The molecule has 0 bridgehead atoms. The first-order chi connectivity index (χ1) is 9.63. The van der Waals surface area contributed by atoms with Gasteiger partial charge in [-0.15, -0.1) is 0 Å².